The largest absolute Gasteiger partial charge is 0.449 e. The van der Waals surface area contributed by atoms with Crippen LogP contribution in [0.25, 0.3) is 0 Å². The molecule has 0 rings (SSSR count). The summed E-state index contributed by atoms with van der Waals surface area (Å²) in [7, 11) is 0. The van der Waals surface area contributed by atoms with Gasteiger partial charge in [0.05, 0.1) is 13.0 Å². The fraction of sp³-hybridized carbons (Fsp3) is 0.882. The van der Waals surface area contributed by atoms with Gasteiger partial charge < -0.3 is 19.5 Å². The van der Waals surface area contributed by atoms with Gasteiger partial charge in [0.25, 0.3) is 0 Å². The number of hydrogen-bond acceptors (Lipinski definition) is 5. The monoisotopic (exact) mass is 365 g/mol. The summed E-state index contributed by atoms with van der Waals surface area (Å²) in [6, 6.07) is -0.157. The summed E-state index contributed by atoms with van der Waals surface area (Å²) in [5.74, 6) is 0.0689. The molecule has 0 aromatic rings. The molecule has 6 nitrogen and oxygen atoms in total. The first kappa shape index (κ1) is 23.0. The maximum Gasteiger partial charge on any atom is 0.407 e. The molecule has 0 fully saturated rings. The van der Waals surface area contributed by atoms with Crippen LogP contribution in [0.5, 0.6) is 0 Å². The zero-order chi connectivity index (χ0) is 18.6. The third kappa shape index (κ3) is 13.4. The lowest BCUT2D eigenvalue weighted by atomic mass is 10.0. The van der Waals surface area contributed by atoms with E-state index in [1.54, 1.807) is 20.8 Å². The quantitative estimate of drug-likeness (QED) is 0.446. The van der Waals surface area contributed by atoms with Crippen LogP contribution in [0.4, 0.5) is 4.79 Å². The summed E-state index contributed by atoms with van der Waals surface area (Å²) < 4.78 is 15.6. The number of ether oxygens (including phenoxy) is 3. The molecule has 0 aromatic heterocycles. The van der Waals surface area contributed by atoms with E-state index in [1.165, 1.54) is 0 Å². The SMILES string of the molecule is CCC(C)COCC(CCNC(=O)OC(C)(C)C)CC(=O)OCCl. The van der Waals surface area contributed by atoms with Crippen molar-refractivity contribution < 1.29 is 23.8 Å². The minimum atomic E-state index is -0.535. The standard InChI is InChI=1S/C17H32ClNO5/c1-6-13(2)10-22-11-14(9-15(20)23-12-18)7-8-19-16(21)24-17(3,4)5/h13-14H,6-12H2,1-5H3,(H,19,21). The van der Waals surface area contributed by atoms with Crippen molar-refractivity contribution in [1.29, 1.82) is 0 Å². The Hall–Kier alpha value is -1.01. The molecule has 1 N–H and O–H groups in total. The van der Waals surface area contributed by atoms with E-state index in [9.17, 15) is 9.59 Å². The smallest absolute Gasteiger partial charge is 0.407 e. The van der Waals surface area contributed by atoms with Crippen LogP contribution in [0, 0.1) is 11.8 Å². The lowest BCUT2D eigenvalue weighted by molar-refractivity contribution is -0.143. The van der Waals surface area contributed by atoms with Crippen molar-refractivity contribution in [3.05, 3.63) is 0 Å². The van der Waals surface area contributed by atoms with Crippen LogP contribution in [-0.2, 0) is 19.0 Å². The highest BCUT2D eigenvalue weighted by molar-refractivity contribution is 6.17. The van der Waals surface area contributed by atoms with Gasteiger partial charge in [-0.3, -0.25) is 4.79 Å². The van der Waals surface area contributed by atoms with Gasteiger partial charge in [-0.2, -0.15) is 0 Å². The second kappa shape index (κ2) is 12.4. The topological polar surface area (TPSA) is 73.9 Å². The summed E-state index contributed by atoms with van der Waals surface area (Å²) in [5.41, 5.74) is -0.535. The van der Waals surface area contributed by atoms with Crippen molar-refractivity contribution in [3.8, 4) is 0 Å². The first-order chi connectivity index (χ1) is 11.2. The third-order valence-electron chi connectivity index (χ3n) is 3.34. The van der Waals surface area contributed by atoms with Crippen molar-refractivity contribution in [1.82, 2.24) is 5.32 Å². The molecule has 0 aliphatic rings. The maximum atomic E-state index is 11.6. The first-order valence-electron chi connectivity index (χ1n) is 8.44. The molecular formula is C17H32ClNO5. The number of rotatable bonds is 11. The molecule has 24 heavy (non-hydrogen) atoms. The van der Waals surface area contributed by atoms with E-state index in [1.807, 2.05) is 0 Å². The second-order valence-electron chi connectivity index (χ2n) is 6.96. The van der Waals surface area contributed by atoms with Gasteiger partial charge in [-0.15, -0.1) is 0 Å². The van der Waals surface area contributed by atoms with E-state index in [2.05, 4.69) is 19.2 Å². The Bertz CT molecular complexity index is 370. The predicted molar refractivity (Wildman–Crippen MR) is 94.0 cm³/mol. The third-order valence-corrected chi connectivity index (χ3v) is 3.45. The van der Waals surface area contributed by atoms with Crippen LogP contribution in [0.2, 0.25) is 0 Å². The highest BCUT2D eigenvalue weighted by atomic mass is 35.5. The Morgan fingerprint density at radius 3 is 2.42 bits per heavy atom. The number of hydrogen-bond donors (Lipinski definition) is 1. The summed E-state index contributed by atoms with van der Waals surface area (Å²) in [4.78, 5) is 23.3. The summed E-state index contributed by atoms with van der Waals surface area (Å²) in [6.45, 7) is 11.1. The number of alkyl halides is 1. The Balaban J connectivity index is 4.27. The number of carbonyl (C=O) groups excluding carboxylic acids is 2. The molecule has 0 heterocycles. The summed E-state index contributed by atoms with van der Waals surface area (Å²) in [5, 5.41) is 2.69. The van der Waals surface area contributed by atoms with E-state index in [0.29, 0.717) is 32.1 Å². The maximum absolute atomic E-state index is 11.6. The molecular weight excluding hydrogens is 334 g/mol. The van der Waals surface area contributed by atoms with Crippen molar-refractivity contribution >= 4 is 23.7 Å². The molecule has 0 bridgehead atoms. The minimum Gasteiger partial charge on any atom is -0.449 e. The highest BCUT2D eigenvalue weighted by Gasteiger charge is 2.18. The van der Waals surface area contributed by atoms with Gasteiger partial charge in [-0.05, 0) is 39.0 Å². The van der Waals surface area contributed by atoms with E-state index >= 15 is 0 Å². The van der Waals surface area contributed by atoms with Crippen molar-refractivity contribution in [2.45, 2.75) is 59.5 Å². The molecule has 0 aliphatic heterocycles. The number of alkyl carbamates (subject to hydrolysis) is 1. The summed E-state index contributed by atoms with van der Waals surface area (Å²) >= 11 is 5.40. The zero-order valence-corrected chi connectivity index (χ0v) is 16.3. The molecule has 0 saturated carbocycles. The van der Waals surface area contributed by atoms with E-state index in [-0.39, 0.29) is 24.4 Å². The second-order valence-corrected chi connectivity index (χ2v) is 7.18. The van der Waals surface area contributed by atoms with Gasteiger partial charge in [0.1, 0.15) is 5.60 Å². The number of halogens is 1. The molecule has 7 heteroatoms. The van der Waals surface area contributed by atoms with Gasteiger partial charge in [-0.1, -0.05) is 31.9 Å². The van der Waals surface area contributed by atoms with Gasteiger partial charge in [-0.25, -0.2) is 4.79 Å². The van der Waals surface area contributed by atoms with Crippen LogP contribution in [0.1, 0.15) is 53.9 Å². The Morgan fingerprint density at radius 1 is 1.21 bits per heavy atom. The van der Waals surface area contributed by atoms with Crippen molar-refractivity contribution in [2.24, 2.45) is 11.8 Å². The highest BCUT2D eigenvalue weighted by Crippen LogP contribution is 2.12. The molecule has 0 radical (unpaired) electrons. The predicted octanol–water partition coefficient (Wildman–Crippen LogP) is 3.71. The normalized spacial score (nSPS) is 13.9. The van der Waals surface area contributed by atoms with Crippen LogP contribution in [-0.4, -0.2) is 43.5 Å². The van der Waals surface area contributed by atoms with Crippen LogP contribution in [0.3, 0.4) is 0 Å². The number of amides is 1. The average Bonchev–Trinajstić information content (AvgIpc) is 2.45. The molecule has 0 aliphatic carbocycles. The fourth-order valence-corrected chi connectivity index (χ4v) is 1.97. The first-order valence-corrected chi connectivity index (χ1v) is 8.97. The van der Waals surface area contributed by atoms with E-state index < -0.39 is 11.7 Å². The zero-order valence-electron chi connectivity index (χ0n) is 15.5. The molecule has 1 amide bonds. The molecule has 142 valence electrons. The van der Waals surface area contributed by atoms with Gasteiger partial charge in [0, 0.05) is 13.2 Å². The number of nitrogens with one attached hydrogen (secondary N) is 1. The van der Waals surface area contributed by atoms with Crippen molar-refractivity contribution in [2.75, 3.05) is 25.8 Å². The van der Waals surface area contributed by atoms with Gasteiger partial charge >= 0.3 is 12.1 Å². The van der Waals surface area contributed by atoms with Gasteiger partial charge in [0.2, 0.25) is 0 Å². The fourth-order valence-electron chi connectivity index (χ4n) is 1.85. The van der Waals surface area contributed by atoms with Crippen molar-refractivity contribution in [3.63, 3.8) is 0 Å². The molecule has 2 atom stereocenters. The molecule has 0 aromatic carbocycles. The average molecular weight is 366 g/mol. The number of esters is 1. The summed E-state index contributed by atoms with van der Waals surface area (Å²) in [6.07, 6.45) is 1.38. The molecule has 0 saturated heterocycles. The van der Waals surface area contributed by atoms with Crippen LogP contribution >= 0.6 is 11.6 Å². The lowest BCUT2D eigenvalue weighted by Crippen LogP contribution is -2.34. The molecule has 2 unspecified atom stereocenters. The van der Waals surface area contributed by atoms with E-state index in [0.717, 1.165) is 6.42 Å². The lowest BCUT2D eigenvalue weighted by Gasteiger charge is -2.21. The minimum absolute atomic E-state index is 0.0419. The number of carbonyl (C=O) groups is 2. The Morgan fingerprint density at radius 2 is 1.88 bits per heavy atom. The van der Waals surface area contributed by atoms with Gasteiger partial charge in [0.15, 0.2) is 6.07 Å². The molecule has 0 spiro atoms. The van der Waals surface area contributed by atoms with Crippen LogP contribution < -0.4 is 5.32 Å². The Labute approximate surface area is 150 Å². The van der Waals surface area contributed by atoms with Crippen LogP contribution in [0.15, 0.2) is 0 Å². The van der Waals surface area contributed by atoms with E-state index in [4.69, 9.17) is 25.8 Å². The Kier molecular flexibility index (Phi) is 11.8.